The van der Waals surface area contributed by atoms with Crippen molar-refractivity contribution >= 4 is 22.3 Å². The monoisotopic (exact) mass is 283 g/mol. The smallest absolute Gasteiger partial charge is 0.341 e. The van der Waals surface area contributed by atoms with E-state index in [0.717, 1.165) is 29.5 Å². The standard InChI is InChI=1S/C13H11F2NO2S/c1-2-18-13(17)11-10(6-19-12(11)16)7-3-8(14)5-9(15)4-7/h3-6H,2,16H2,1H3. The van der Waals surface area contributed by atoms with Crippen LogP contribution in [-0.4, -0.2) is 12.6 Å². The zero-order valence-electron chi connectivity index (χ0n) is 10.1. The Morgan fingerprint density at radius 3 is 2.53 bits per heavy atom. The third-order valence-corrected chi connectivity index (χ3v) is 3.28. The van der Waals surface area contributed by atoms with Gasteiger partial charge in [0.25, 0.3) is 0 Å². The van der Waals surface area contributed by atoms with Gasteiger partial charge in [-0.2, -0.15) is 0 Å². The number of esters is 1. The lowest BCUT2D eigenvalue weighted by atomic mass is 10.0. The number of thiophene rings is 1. The van der Waals surface area contributed by atoms with Crippen molar-refractivity contribution in [3.63, 3.8) is 0 Å². The molecule has 0 fully saturated rings. The minimum absolute atomic E-state index is 0.150. The summed E-state index contributed by atoms with van der Waals surface area (Å²) in [7, 11) is 0. The molecule has 0 unspecified atom stereocenters. The van der Waals surface area contributed by atoms with Crippen LogP contribution in [-0.2, 0) is 4.74 Å². The van der Waals surface area contributed by atoms with Crippen molar-refractivity contribution in [3.8, 4) is 11.1 Å². The zero-order valence-corrected chi connectivity index (χ0v) is 10.9. The van der Waals surface area contributed by atoms with Crippen molar-refractivity contribution in [2.45, 2.75) is 6.92 Å². The molecule has 1 aromatic heterocycles. The number of carbonyl (C=O) groups excluding carboxylic acids is 1. The van der Waals surface area contributed by atoms with Gasteiger partial charge in [0, 0.05) is 17.0 Å². The van der Waals surface area contributed by atoms with Gasteiger partial charge in [-0.3, -0.25) is 0 Å². The molecule has 6 heteroatoms. The number of carbonyl (C=O) groups is 1. The first kappa shape index (κ1) is 13.5. The lowest BCUT2D eigenvalue weighted by molar-refractivity contribution is 0.0529. The molecular weight excluding hydrogens is 272 g/mol. The van der Waals surface area contributed by atoms with E-state index in [-0.39, 0.29) is 22.7 Å². The molecule has 0 radical (unpaired) electrons. The summed E-state index contributed by atoms with van der Waals surface area (Å²) in [4.78, 5) is 11.8. The molecule has 0 bridgehead atoms. The number of nitrogens with two attached hydrogens (primary N) is 1. The number of nitrogen functional groups attached to an aromatic ring is 1. The van der Waals surface area contributed by atoms with Crippen LogP contribution in [0.3, 0.4) is 0 Å². The molecule has 0 amide bonds. The summed E-state index contributed by atoms with van der Waals surface area (Å²) in [6.45, 7) is 1.87. The summed E-state index contributed by atoms with van der Waals surface area (Å²) in [5.74, 6) is -2.02. The fourth-order valence-corrected chi connectivity index (χ4v) is 2.52. The van der Waals surface area contributed by atoms with E-state index in [1.54, 1.807) is 12.3 Å². The zero-order chi connectivity index (χ0) is 14.0. The quantitative estimate of drug-likeness (QED) is 0.878. The number of anilines is 1. The van der Waals surface area contributed by atoms with Gasteiger partial charge in [0.2, 0.25) is 0 Å². The molecule has 0 aliphatic carbocycles. The van der Waals surface area contributed by atoms with Crippen molar-refractivity contribution < 1.29 is 18.3 Å². The Morgan fingerprint density at radius 2 is 1.95 bits per heavy atom. The Labute approximate surface area is 112 Å². The second kappa shape index (κ2) is 5.36. The number of benzene rings is 1. The van der Waals surface area contributed by atoms with Gasteiger partial charge in [-0.1, -0.05) is 0 Å². The Kier molecular flexibility index (Phi) is 3.80. The molecule has 0 saturated carbocycles. The van der Waals surface area contributed by atoms with Crippen LogP contribution in [0.2, 0.25) is 0 Å². The highest BCUT2D eigenvalue weighted by molar-refractivity contribution is 7.14. The van der Waals surface area contributed by atoms with Crippen molar-refractivity contribution in [3.05, 3.63) is 40.8 Å². The van der Waals surface area contributed by atoms with E-state index in [9.17, 15) is 13.6 Å². The fourth-order valence-electron chi connectivity index (χ4n) is 1.71. The lowest BCUT2D eigenvalue weighted by Gasteiger charge is -2.06. The van der Waals surface area contributed by atoms with Crippen molar-refractivity contribution in [2.24, 2.45) is 0 Å². The molecule has 1 heterocycles. The molecule has 1 aromatic carbocycles. The van der Waals surface area contributed by atoms with Gasteiger partial charge in [-0.25, -0.2) is 13.6 Å². The van der Waals surface area contributed by atoms with Crippen molar-refractivity contribution in [2.75, 3.05) is 12.3 Å². The van der Waals surface area contributed by atoms with Crippen molar-refractivity contribution in [1.82, 2.24) is 0 Å². The van der Waals surface area contributed by atoms with Crippen LogP contribution in [0.15, 0.2) is 23.6 Å². The SMILES string of the molecule is CCOC(=O)c1c(-c2cc(F)cc(F)c2)csc1N. The molecule has 0 saturated heterocycles. The minimum Gasteiger partial charge on any atom is -0.462 e. The van der Waals surface area contributed by atoms with Gasteiger partial charge in [-0.15, -0.1) is 11.3 Å². The second-order valence-corrected chi connectivity index (χ2v) is 4.68. The van der Waals surface area contributed by atoms with E-state index in [2.05, 4.69) is 0 Å². The predicted molar refractivity (Wildman–Crippen MR) is 70.0 cm³/mol. The maximum atomic E-state index is 13.2. The van der Waals surface area contributed by atoms with E-state index in [0.29, 0.717) is 5.56 Å². The lowest BCUT2D eigenvalue weighted by Crippen LogP contribution is -2.07. The number of hydrogen-bond donors (Lipinski definition) is 1. The van der Waals surface area contributed by atoms with E-state index in [1.165, 1.54) is 0 Å². The Balaban J connectivity index is 2.53. The largest absolute Gasteiger partial charge is 0.462 e. The molecule has 0 spiro atoms. The average molecular weight is 283 g/mol. The van der Waals surface area contributed by atoms with Crippen molar-refractivity contribution in [1.29, 1.82) is 0 Å². The fraction of sp³-hybridized carbons (Fsp3) is 0.154. The van der Waals surface area contributed by atoms with Gasteiger partial charge in [0.05, 0.1) is 6.61 Å². The summed E-state index contributed by atoms with van der Waals surface area (Å²) in [5, 5.41) is 1.84. The molecule has 0 atom stereocenters. The number of rotatable bonds is 3. The average Bonchev–Trinajstić information content (AvgIpc) is 2.70. The molecule has 2 N–H and O–H groups in total. The van der Waals surface area contributed by atoms with Gasteiger partial charge in [-0.05, 0) is 24.6 Å². The van der Waals surface area contributed by atoms with Crippen LogP contribution in [0.1, 0.15) is 17.3 Å². The highest BCUT2D eigenvalue weighted by Gasteiger charge is 2.20. The molecule has 2 rings (SSSR count). The number of hydrogen-bond acceptors (Lipinski definition) is 4. The summed E-state index contributed by atoms with van der Waals surface area (Å²) in [6.07, 6.45) is 0. The Morgan fingerprint density at radius 1 is 1.32 bits per heavy atom. The molecule has 100 valence electrons. The summed E-state index contributed by atoms with van der Waals surface area (Å²) >= 11 is 1.12. The third-order valence-electron chi connectivity index (χ3n) is 2.47. The predicted octanol–water partition coefficient (Wildman–Crippen LogP) is 3.45. The van der Waals surface area contributed by atoms with E-state index in [1.807, 2.05) is 0 Å². The maximum absolute atomic E-state index is 13.2. The molecule has 2 aromatic rings. The number of ether oxygens (including phenoxy) is 1. The Bertz CT molecular complexity index is 605. The second-order valence-electron chi connectivity index (χ2n) is 3.77. The number of halogens is 2. The van der Waals surface area contributed by atoms with Gasteiger partial charge in [0.15, 0.2) is 0 Å². The van der Waals surface area contributed by atoms with Gasteiger partial charge >= 0.3 is 5.97 Å². The first-order chi connectivity index (χ1) is 9.02. The van der Waals surface area contributed by atoms with Gasteiger partial charge in [0.1, 0.15) is 22.2 Å². The molecule has 3 nitrogen and oxygen atoms in total. The third kappa shape index (κ3) is 2.73. The van der Waals surface area contributed by atoms with Crippen LogP contribution >= 0.6 is 11.3 Å². The summed E-state index contributed by atoms with van der Waals surface area (Å²) in [6, 6.07) is 3.06. The highest BCUT2D eigenvalue weighted by atomic mass is 32.1. The summed E-state index contributed by atoms with van der Waals surface area (Å²) < 4.78 is 31.3. The molecular formula is C13H11F2NO2S. The van der Waals surface area contributed by atoms with Crippen LogP contribution < -0.4 is 5.73 Å². The molecule has 19 heavy (non-hydrogen) atoms. The highest BCUT2D eigenvalue weighted by Crippen LogP contribution is 2.34. The minimum atomic E-state index is -0.713. The Hall–Kier alpha value is -1.95. The van der Waals surface area contributed by atoms with Crippen LogP contribution in [0.5, 0.6) is 0 Å². The molecule has 0 aliphatic rings. The van der Waals surface area contributed by atoms with Gasteiger partial charge < -0.3 is 10.5 Å². The van der Waals surface area contributed by atoms with E-state index < -0.39 is 17.6 Å². The van der Waals surface area contributed by atoms with Crippen LogP contribution in [0, 0.1) is 11.6 Å². The topological polar surface area (TPSA) is 52.3 Å². The maximum Gasteiger partial charge on any atom is 0.341 e. The normalized spacial score (nSPS) is 10.5. The van der Waals surface area contributed by atoms with E-state index in [4.69, 9.17) is 10.5 Å². The summed E-state index contributed by atoms with van der Waals surface area (Å²) in [5.41, 5.74) is 6.50. The first-order valence-corrected chi connectivity index (χ1v) is 6.41. The molecule has 0 aliphatic heterocycles. The van der Waals surface area contributed by atoms with Crippen LogP contribution in [0.25, 0.3) is 11.1 Å². The van der Waals surface area contributed by atoms with Crippen LogP contribution in [0.4, 0.5) is 13.8 Å². The van der Waals surface area contributed by atoms with E-state index >= 15 is 0 Å². The first-order valence-electron chi connectivity index (χ1n) is 5.53.